The number of fused-ring (bicyclic) bond motifs is 1. The highest BCUT2D eigenvalue weighted by atomic mass is 32.2. The second-order valence-electron chi connectivity index (χ2n) is 7.24. The van der Waals surface area contributed by atoms with E-state index >= 15 is 0 Å². The number of hydrogen-bond acceptors (Lipinski definition) is 7. The molecule has 0 aliphatic carbocycles. The first-order chi connectivity index (χ1) is 16.1. The maximum atomic E-state index is 12.1. The van der Waals surface area contributed by atoms with Crippen LogP contribution < -0.4 is 10.4 Å². The molecule has 0 aliphatic rings. The molecule has 2 heterocycles. The third kappa shape index (κ3) is 4.08. The van der Waals surface area contributed by atoms with Crippen molar-refractivity contribution >= 4 is 22.7 Å². The predicted molar refractivity (Wildman–Crippen MR) is 127 cm³/mol. The van der Waals surface area contributed by atoms with Gasteiger partial charge in [-0.15, -0.1) is 10.2 Å². The van der Waals surface area contributed by atoms with Gasteiger partial charge in [0, 0.05) is 29.0 Å². The molecule has 0 unspecified atom stereocenters. The molecule has 1 N–H and O–H groups in total. The molecule has 0 spiro atoms. The summed E-state index contributed by atoms with van der Waals surface area (Å²) < 4.78 is 12.8. The number of hydrogen-bond donors (Lipinski definition) is 1. The van der Waals surface area contributed by atoms with E-state index in [9.17, 15) is 9.90 Å². The van der Waals surface area contributed by atoms with Crippen molar-refractivity contribution in [2.45, 2.75) is 10.9 Å². The van der Waals surface area contributed by atoms with Gasteiger partial charge in [-0.3, -0.25) is 4.57 Å². The Labute approximate surface area is 193 Å². The van der Waals surface area contributed by atoms with Crippen molar-refractivity contribution in [1.82, 2.24) is 14.8 Å². The van der Waals surface area contributed by atoms with Crippen molar-refractivity contribution < 1.29 is 14.3 Å². The summed E-state index contributed by atoms with van der Waals surface area (Å²) in [5.41, 5.74) is 2.39. The second-order valence-corrected chi connectivity index (χ2v) is 8.18. The third-order valence-corrected chi connectivity index (χ3v) is 6.14. The first kappa shape index (κ1) is 20.8. The molecule has 5 aromatic rings. The average Bonchev–Trinajstić information content (AvgIpc) is 3.26. The molecule has 0 radical (unpaired) electrons. The maximum absolute atomic E-state index is 12.1. The Bertz CT molecular complexity index is 1500. The van der Waals surface area contributed by atoms with E-state index < -0.39 is 5.63 Å². The van der Waals surface area contributed by atoms with E-state index in [1.165, 1.54) is 23.9 Å². The fraction of sp³-hybridized carbons (Fsp3) is 0.0800. The van der Waals surface area contributed by atoms with Gasteiger partial charge < -0.3 is 14.3 Å². The molecule has 0 fully saturated rings. The highest BCUT2D eigenvalue weighted by Gasteiger charge is 2.19. The molecule has 0 saturated carbocycles. The number of nitrogens with zero attached hydrogens (tertiary/aromatic N) is 3. The largest absolute Gasteiger partial charge is 0.508 e. The van der Waals surface area contributed by atoms with Crippen molar-refractivity contribution in [3.05, 3.63) is 94.8 Å². The van der Waals surface area contributed by atoms with Crippen LogP contribution in [0, 0.1) is 0 Å². The summed E-state index contributed by atoms with van der Waals surface area (Å²) in [4.78, 5) is 12.1. The highest BCUT2D eigenvalue weighted by molar-refractivity contribution is 7.98. The van der Waals surface area contributed by atoms with Gasteiger partial charge in [-0.05, 0) is 42.0 Å². The molecule has 0 saturated heterocycles. The molecule has 0 atom stereocenters. The molecule has 0 bridgehead atoms. The smallest absolute Gasteiger partial charge is 0.336 e. The van der Waals surface area contributed by atoms with Crippen molar-refractivity contribution in [2.75, 3.05) is 7.11 Å². The number of phenols is 1. The monoisotopic (exact) mass is 457 g/mol. The quantitative estimate of drug-likeness (QED) is 0.282. The Morgan fingerprint density at radius 3 is 2.61 bits per heavy atom. The predicted octanol–water partition coefficient (Wildman–Crippen LogP) is 5.05. The van der Waals surface area contributed by atoms with Gasteiger partial charge in [0.2, 0.25) is 0 Å². The Morgan fingerprint density at radius 1 is 1.00 bits per heavy atom. The van der Waals surface area contributed by atoms with Crippen LogP contribution in [0.25, 0.3) is 28.0 Å². The van der Waals surface area contributed by atoms with Gasteiger partial charge in [-0.2, -0.15) is 0 Å². The molecule has 164 valence electrons. The molecule has 3 aromatic carbocycles. The van der Waals surface area contributed by atoms with Gasteiger partial charge in [0.05, 0.1) is 12.7 Å². The number of methoxy groups -OCH3 is 1. The lowest BCUT2D eigenvalue weighted by Crippen LogP contribution is -2.02. The van der Waals surface area contributed by atoms with E-state index in [0.29, 0.717) is 28.1 Å². The minimum absolute atomic E-state index is 0.0423. The van der Waals surface area contributed by atoms with Gasteiger partial charge >= 0.3 is 5.63 Å². The molecule has 0 aliphatic heterocycles. The van der Waals surface area contributed by atoms with E-state index in [1.807, 2.05) is 59.2 Å². The summed E-state index contributed by atoms with van der Waals surface area (Å²) in [6, 6.07) is 23.7. The zero-order valence-electron chi connectivity index (χ0n) is 17.6. The summed E-state index contributed by atoms with van der Waals surface area (Å²) in [5.74, 6) is 1.86. The Hall–Kier alpha value is -4.04. The number of ether oxygens (including phenoxy) is 1. The van der Waals surface area contributed by atoms with Gasteiger partial charge in [0.25, 0.3) is 0 Å². The number of benzene rings is 3. The van der Waals surface area contributed by atoms with E-state index in [-0.39, 0.29) is 5.75 Å². The van der Waals surface area contributed by atoms with Crippen LogP contribution in [0.1, 0.15) is 5.56 Å². The van der Waals surface area contributed by atoms with Crippen LogP contribution in [0.15, 0.2) is 93.2 Å². The van der Waals surface area contributed by atoms with Gasteiger partial charge in [0.1, 0.15) is 17.1 Å². The van der Waals surface area contributed by atoms with Crippen LogP contribution in [-0.2, 0) is 5.75 Å². The van der Waals surface area contributed by atoms with Crippen molar-refractivity contribution in [2.24, 2.45) is 0 Å². The van der Waals surface area contributed by atoms with Crippen molar-refractivity contribution in [1.29, 1.82) is 0 Å². The van der Waals surface area contributed by atoms with E-state index in [2.05, 4.69) is 10.2 Å². The maximum Gasteiger partial charge on any atom is 0.336 e. The van der Waals surface area contributed by atoms with Crippen LogP contribution in [0.3, 0.4) is 0 Å². The number of phenolic OH excluding ortho intramolecular Hbond substituents is 1. The Kier molecular flexibility index (Phi) is 5.58. The lowest BCUT2D eigenvalue weighted by atomic mass is 10.1. The summed E-state index contributed by atoms with van der Waals surface area (Å²) in [6.45, 7) is 0. The fourth-order valence-electron chi connectivity index (χ4n) is 3.66. The zero-order valence-corrected chi connectivity index (χ0v) is 18.5. The molecule has 7 nitrogen and oxygen atoms in total. The molecule has 8 heteroatoms. The number of thioether (sulfide) groups is 1. The van der Waals surface area contributed by atoms with Gasteiger partial charge in [0.15, 0.2) is 11.0 Å². The lowest BCUT2D eigenvalue weighted by molar-refractivity contribution is 0.416. The van der Waals surface area contributed by atoms with E-state index in [0.717, 1.165) is 22.2 Å². The van der Waals surface area contributed by atoms with Crippen LogP contribution in [0.5, 0.6) is 11.5 Å². The third-order valence-electron chi connectivity index (χ3n) is 5.17. The number of aromatic hydroxyl groups is 1. The Morgan fingerprint density at radius 2 is 1.79 bits per heavy atom. The summed E-state index contributed by atoms with van der Waals surface area (Å²) in [6.07, 6.45) is 0. The van der Waals surface area contributed by atoms with Crippen LogP contribution >= 0.6 is 11.8 Å². The Balaban J connectivity index is 1.58. The van der Waals surface area contributed by atoms with Gasteiger partial charge in [-0.1, -0.05) is 42.1 Å². The van der Waals surface area contributed by atoms with Gasteiger partial charge in [-0.25, -0.2) is 4.79 Å². The van der Waals surface area contributed by atoms with Crippen LogP contribution in [0.4, 0.5) is 0 Å². The highest BCUT2D eigenvalue weighted by Crippen LogP contribution is 2.34. The minimum Gasteiger partial charge on any atom is -0.508 e. The fourth-order valence-corrected chi connectivity index (χ4v) is 4.60. The summed E-state index contributed by atoms with van der Waals surface area (Å²) in [5, 5.41) is 20.1. The second kappa shape index (κ2) is 8.84. The standard InChI is InChI=1S/C25H19N3O4S/c1-31-21-10-6-5-9-20(21)24-26-27-25(28(24)17-7-3-2-4-8-17)33-15-16-13-23(30)32-22-14-18(29)11-12-19(16)22/h2-14,29H,15H2,1H3. The van der Waals surface area contributed by atoms with Crippen LogP contribution in [-0.4, -0.2) is 27.0 Å². The molecule has 5 rings (SSSR count). The first-order valence-electron chi connectivity index (χ1n) is 10.2. The number of rotatable bonds is 6. The normalized spacial score (nSPS) is 11.1. The zero-order chi connectivity index (χ0) is 22.8. The van der Waals surface area contributed by atoms with E-state index in [1.54, 1.807) is 19.2 Å². The topological polar surface area (TPSA) is 90.4 Å². The van der Waals surface area contributed by atoms with Crippen molar-refractivity contribution in [3.63, 3.8) is 0 Å². The summed E-state index contributed by atoms with van der Waals surface area (Å²) >= 11 is 1.46. The lowest BCUT2D eigenvalue weighted by Gasteiger charge is -2.12. The minimum atomic E-state index is -0.470. The molecular weight excluding hydrogens is 438 g/mol. The SMILES string of the molecule is COc1ccccc1-c1nnc(SCc2cc(=O)oc3cc(O)ccc23)n1-c1ccccc1. The molecule has 0 amide bonds. The molecule has 2 aromatic heterocycles. The van der Waals surface area contributed by atoms with E-state index in [4.69, 9.17) is 9.15 Å². The van der Waals surface area contributed by atoms with Crippen LogP contribution in [0.2, 0.25) is 0 Å². The number of aromatic nitrogens is 3. The first-order valence-corrected chi connectivity index (χ1v) is 11.2. The number of para-hydroxylation sites is 2. The molecular formula is C25H19N3O4S. The van der Waals surface area contributed by atoms with Crippen molar-refractivity contribution in [3.8, 4) is 28.6 Å². The summed E-state index contributed by atoms with van der Waals surface area (Å²) in [7, 11) is 1.63. The molecule has 33 heavy (non-hydrogen) atoms. The average molecular weight is 458 g/mol.